The van der Waals surface area contributed by atoms with Gasteiger partial charge in [-0.25, -0.2) is 0 Å². The number of rotatable bonds is 6. The van der Waals surface area contributed by atoms with Gasteiger partial charge in [0, 0.05) is 16.7 Å². The highest BCUT2D eigenvalue weighted by Gasteiger charge is 2.05. The van der Waals surface area contributed by atoms with Crippen molar-refractivity contribution in [2.75, 3.05) is 11.9 Å². The third-order valence-corrected chi connectivity index (χ3v) is 3.55. The molecule has 5 heteroatoms. The summed E-state index contributed by atoms with van der Waals surface area (Å²) in [6.45, 7) is 2.68. The van der Waals surface area contributed by atoms with Gasteiger partial charge in [-0.2, -0.15) is 0 Å². The number of hydrogen-bond donors (Lipinski definition) is 1. The van der Waals surface area contributed by atoms with E-state index in [1.165, 1.54) is 6.08 Å². The summed E-state index contributed by atoms with van der Waals surface area (Å²) in [6.07, 6.45) is 4.07. The molecule has 2 aromatic rings. The Morgan fingerprint density at radius 1 is 1.22 bits per heavy atom. The van der Waals surface area contributed by atoms with Crippen molar-refractivity contribution in [1.82, 2.24) is 0 Å². The van der Waals surface area contributed by atoms with Crippen molar-refractivity contribution in [1.29, 1.82) is 0 Å². The third kappa shape index (κ3) is 5.31. The average molecular weight is 350 g/mol. The molecule has 0 unspecified atom stereocenters. The fraction of sp³-hybridized carbons (Fsp3) is 0.167. The lowest BCUT2D eigenvalue weighted by Gasteiger charge is -2.08. The smallest absolute Gasteiger partial charge is 0.248 e. The molecule has 23 heavy (non-hydrogen) atoms. The summed E-state index contributed by atoms with van der Waals surface area (Å²) >= 11 is 11.9. The molecule has 0 bridgehead atoms. The maximum absolute atomic E-state index is 12.0. The van der Waals surface area contributed by atoms with Gasteiger partial charge in [-0.05, 0) is 36.8 Å². The van der Waals surface area contributed by atoms with Gasteiger partial charge in [-0.3, -0.25) is 4.79 Å². The maximum atomic E-state index is 12.0. The molecule has 0 fully saturated rings. The first kappa shape index (κ1) is 17.4. The lowest BCUT2D eigenvalue weighted by atomic mass is 10.2. The Bertz CT molecular complexity index is 714. The van der Waals surface area contributed by atoms with Gasteiger partial charge in [0.25, 0.3) is 0 Å². The second kappa shape index (κ2) is 8.61. The normalized spacial score (nSPS) is 10.7. The van der Waals surface area contributed by atoms with Crippen LogP contribution >= 0.6 is 23.2 Å². The zero-order valence-corrected chi connectivity index (χ0v) is 14.2. The van der Waals surface area contributed by atoms with E-state index in [-0.39, 0.29) is 5.91 Å². The van der Waals surface area contributed by atoms with Crippen LogP contribution < -0.4 is 10.1 Å². The molecule has 0 aliphatic carbocycles. The molecule has 1 N–H and O–H groups in total. The second-order valence-electron chi connectivity index (χ2n) is 4.83. The van der Waals surface area contributed by atoms with Crippen LogP contribution in [0.15, 0.2) is 48.5 Å². The molecule has 0 aliphatic rings. The molecule has 0 spiro atoms. The number of nitrogens with one attached hydrogen (secondary N) is 1. The van der Waals surface area contributed by atoms with Crippen molar-refractivity contribution in [2.24, 2.45) is 0 Å². The Morgan fingerprint density at radius 3 is 2.78 bits per heavy atom. The highest BCUT2D eigenvalue weighted by Crippen LogP contribution is 2.25. The second-order valence-corrected chi connectivity index (χ2v) is 5.68. The van der Waals surface area contributed by atoms with Crippen molar-refractivity contribution in [3.05, 3.63) is 64.1 Å². The van der Waals surface area contributed by atoms with Gasteiger partial charge >= 0.3 is 0 Å². The van der Waals surface area contributed by atoms with Crippen LogP contribution in [-0.4, -0.2) is 12.5 Å². The van der Waals surface area contributed by atoms with Crippen molar-refractivity contribution in [2.45, 2.75) is 13.3 Å². The summed E-state index contributed by atoms with van der Waals surface area (Å²) < 4.78 is 5.65. The maximum Gasteiger partial charge on any atom is 0.248 e. The van der Waals surface area contributed by atoms with Crippen molar-refractivity contribution >= 4 is 40.9 Å². The number of hydrogen-bond acceptors (Lipinski definition) is 2. The molecule has 0 saturated heterocycles. The number of anilines is 1. The molecule has 0 aromatic heterocycles. The van der Waals surface area contributed by atoms with E-state index >= 15 is 0 Å². The van der Waals surface area contributed by atoms with E-state index in [0.717, 1.165) is 17.7 Å². The summed E-state index contributed by atoms with van der Waals surface area (Å²) in [5, 5.41) is 3.64. The predicted octanol–water partition coefficient (Wildman–Crippen LogP) is 5.43. The van der Waals surface area contributed by atoms with Crippen LogP contribution in [0, 0.1) is 0 Å². The van der Waals surface area contributed by atoms with E-state index < -0.39 is 0 Å². The van der Waals surface area contributed by atoms with Crippen LogP contribution in [-0.2, 0) is 4.79 Å². The van der Waals surface area contributed by atoms with Crippen molar-refractivity contribution in [3.8, 4) is 5.75 Å². The van der Waals surface area contributed by atoms with Gasteiger partial charge in [-0.15, -0.1) is 0 Å². The third-order valence-electron chi connectivity index (χ3n) is 2.98. The van der Waals surface area contributed by atoms with E-state index in [1.54, 1.807) is 24.3 Å². The highest BCUT2D eigenvalue weighted by molar-refractivity contribution is 6.35. The number of carbonyl (C=O) groups excluding carboxylic acids is 1. The van der Waals surface area contributed by atoms with Gasteiger partial charge < -0.3 is 10.1 Å². The number of ether oxygens (including phenoxy) is 1. The van der Waals surface area contributed by atoms with E-state index in [1.807, 2.05) is 31.2 Å². The van der Waals surface area contributed by atoms with Crippen LogP contribution in [0.3, 0.4) is 0 Å². The summed E-state index contributed by atoms with van der Waals surface area (Å²) in [4.78, 5) is 12.0. The number of para-hydroxylation sites is 1. The standard InChI is InChI=1S/C18H17Cl2NO2/c1-2-11-23-17-6-4-3-5-13(17)7-10-18(22)21-16-12-14(19)8-9-15(16)20/h3-10,12H,2,11H2,1H3,(H,21,22)/b10-7+. The first-order valence-corrected chi connectivity index (χ1v) is 8.01. The Kier molecular flexibility index (Phi) is 6.51. The lowest BCUT2D eigenvalue weighted by molar-refractivity contribution is -0.111. The van der Waals surface area contributed by atoms with Gasteiger partial charge in [0.1, 0.15) is 5.75 Å². The molecule has 0 atom stereocenters. The number of amides is 1. The molecule has 0 heterocycles. The van der Waals surface area contributed by atoms with Gasteiger partial charge in [0.05, 0.1) is 17.3 Å². The number of halogens is 2. The highest BCUT2D eigenvalue weighted by atomic mass is 35.5. The Hall–Kier alpha value is -1.97. The van der Waals surface area contributed by atoms with Crippen LogP contribution in [0.25, 0.3) is 6.08 Å². The van der Waals surface area contributed by atoms with E-state index in [9.17, 15) is 4.79 Å². The summed E-state index contributed by atoms with van der Waals surface area (Å²) in [5.74, 6) is 0.457. The Morgan fingerprint density at radius 2 is 2.00 bits per heavy atom. The number of carbonyl (C=O) groups is 1. The Labute approximate surface area is 145 Å². The van der Waals surface area contributed by atoms with Crippen LogP contribution in [0.2, 0.25) is 10.0 Å². The lowest BCUT2D eigenvalue weighted by Crippen LogP contribution is -2.08. The van der Waals surface area contributed by atoms with E-state index in [0.29, 0.717) is 22.3 Å². The first-order chi connectivity index (χ1) is 11.1. The van der Waals surface area contributed by atoms with Gasteiger partial charge in [0.15, 0.2) is 0 Å². The molecule has 0 aliphatic heterocycles. The minimum atomic E-state index is -0.292. The summed E-state index contributed by atoms with van der Waals surface area (Å²) in [7, 11) is 0. The zero-order chi connectivity index (χ0) is 16.7. The molecule has 2 aromatic carbocycles. The fourth-order valence-electron chi connectivity index (χ4n) is 1.89. The van der Waals surface area contributed by atoms with Crippen LogP contribution in [0.5, 0.6) is 5.75 Å². The number of benzene rings is 2. The quantitative estimate of drug-likeness (QED) is 0.705. The first-order valence-electron chi connectivity index (χ1n) is 7.26. The van der Waals surface area contributed by atoms with Crippen molar-refractivity contribution < 1.29 is 9.53 Å². The predicted molar refractivity (Wildman–Crippen MR) is 96.4 cm³/mol. The minimum absolute atomic E-state index is 0.292. The zero-order valence-electron chi connectivity index (χ0n) is 12.7. The van der Waals surface area contributed by atoms with Crippen molar-refractivity contribution in [3.63, 3.8) is 0 Å². The molecule has 3 nitrogen and oxygen atoms in total. The largest absolute Gasteiger partial charge is 0.493 e. The topological polar surface area (TPSA) is 38.3 Å². The monoisotopic (exact) mass is 349 g/mol. The Balaban J connectivity index is 2.08. The molecule has 2 rings (SSSR count). The van der Waals surface area contributed by atoms with Gasteiger partial charge in [-0.1, -0.05) is 48.3 Å². The molecule has 0 saturated carbocycles. The summed E-state index contributed by atoms with van der Waals surface area (Å²) in [5.41, 5.74) is 1.32. The molecule has 120 valence electrons. The molecule has 1 amide bonds. The van der Waals surface area contributed by atoms with Gasteiger partial charge in [0.2, 0.25) is 5.91 Å². The molecular formula is C18H17Cl2NO2. The molecule has 0 radical (unpaired) electrons. The molecular weight excluding hydrogens is 333 g/mol. The van der Waals surface area contributed by atoms with Crippen LogP contribution in [0.4, 0.5) is 5.69 Å². The minimum Gasteiger partial charge on any atom is -0.493 e. The van der Waals surface area contributed by atoms with E-state index in [4.69, 9.17) is 27.9 Å². The van der Waals surface area contributed by atoms with E-state index in [2.05, 4.69) is 5.32 Å². The van der Waals surface area contributed by atoms with Crippen LogP contribution in [0.1, 0.15) is 18.9 Å². The fourth-order valence-corrected chi connectivity index (χ4v) is 2.23. The average Bonchev–Trinajstić information content (AvgIpc) is 2.55. The summed E-state index contributed by atoms with van der Waals surface area (Å²) in [6, 6.07) is 12.5. The SMILES string of the molecule is CCCOc1ccccc1/C=C/C(=O)Nc1cc(Cl)ccc1Cl.